The van der Waals surface area contributed by atoms with E-state index in [1.807, 2.05) is 38.1 Å². The van der Waals surface area contributed by atoms with Crippen LogP contribution in [-0.2, 0) is 25.5 Å². The van der Waals surface area contributed by atoms with E-state index in [1.54, 1.807) is 0 Å². The van der Waals surface area contributed by atoms with E-state index in [-0.39, 0.29) is 17.7 Å². The van der Waals surface area contributed by atoms with Gasteiger partial charge in [0.1, 0.15) is 12.1 Å². The molecule has 0 aliphatic heterocycles. The quantitative estimate of drug-likeness (QED) is 0.460. The normalized spacial score (nSPS) is 13.0. The zero-order valence-corrected chi connectivity index (χ0v) is 17.1. The number of carbonyl (C=O) groups excluding carboxylic acids is 3. The van der Waals surface area contributed by atoms with Crippen LogP contribution in [0.4, 0.5) is 0 Å². The molecule has 0 bridgehead atoms. The van der Waals surface area contributed by atoms with Crippen LogP contribution in [0.2, 0.25) is 0 Å². The Morgan fingerprint density at radius 2 is 1.68 bits per heavy atom. The van der Waals surface area contributed by atoms with Gasteiger partial charge in [-0.05, 0) is 52.6 Å². The van der Waals surface area contributed by atoms with Crippen LogP contribution in [0.5, 0.6) is 0 Å². The second-order valence-electron chi connectivity index (χ2n) is 6.30. The van der Waals surface area contributed by atoms with Gasteiger partial charge in [0.05, 0.1) is 7.11 Å². The van der Waals surface area contributed by atoms with Crippen LogP contribution in [0, 0.1) is 9.49 Å². The average Bonchev–Trinajstić information content (AvgIpc) is 2.53. The minimum atomic E-state index is -0.805. The Morgan fingerprint density at radius 3 is 2.16 bits per heavy atom. The summed E-state index contributed by atoms with van der Waals surface area (Å²) >= 11 is 2.20. The summed E-state index contributed by atoms with van der Waals surface area (Å²) in [5.41, 5.74) is 0.913. The van der Waals surface area contributed by atoms with Gasteiger partial charge in [0.25, 0.3) is 0 Å². The van der Waals surface area contributed by atoms with Crippen molar-refractivity contribution < 1.29 is 19.1 Å². The Bertz CT molecular complexity index is 602. The Morgan fingerprint density at radius 1 is 1.08 bits per heavy atom. The topological polar surface area (TPSA) is 84.5 Å². The zero-order chi connectivity index (χ0) is 19.0. The second-order valence-corrected chi connectivity index (χ2v) is 7.54. The molecule has 7 heteroatoms. The van der Waals surface area contributed by atoms with Gasteiger partial charge in [-0.2, -0.15) is 0 Å². The molecule has 1 aromatic carbocycles. The molecular formula is C18H25IN2O4. The Labute approximate surface area is 162 Å². The van der Waals surface area contributed by atoms with Gasteiger partial charge in [0, 0.05) is 16.9 Å². The third-order valence-corrected chi connectivity index (χ3v) is 4.28. The average molecular weight is 460 g/mol. The number of methoxy groups -OCH3 is 1. The van der Waals surface area contributed by atoms with E-state index >= 15 is 0 Å². The molecule has 0 aliphatic rings. The van der Waals surface area contributed by atoms with Crippen molar-refractivity contribution in [2.45, 2.75) is 45.7 Å². The highest BCUT2D eigenvalue weighted by molar-refractivity contribution is 14.1. The molecule has 0 saturated heterocycles. The van der Waals surface area contributed by atoms with Gasteiger partial charge in [-0.1, -0.05) is 26.0 Å². The van der Waals surface area contributed by atoms with Crippen LogP contribution in [0.3, 0.4) is 0 Å². The summed E-state index contributed by atoms with van der Waals surface area (Å²) in [5, 5.41) is 5.35. The molecule has 138 valence electrons. The fourth-order valence-electron chi connectivity index (χ4n) is 2.41. The number of amides is 2. The van der Waals surface area contributed by atoms with Crippen LogP contribution in [0.25, 0.3) is 0 Å². The van der Waals surface area contributed by atoms with Gasteiger partial charge in [0.15, 0.2) is 0 Å². The van der Waals surface area contributed by atoms with Crippen molar-refractivity contribution in [3.05, 3.63) is 33.4 Å². The van der Waals surface area contributed by atoms with E-state index in [0.29, 0.717) is 12.8 Å². The first-order valence-electron chi connectivity index (χ1n) is 8.12. The molecule has 0 saturated carbocycles. The maximum absolute atomic E-state index is 12.6. The molecule has 0 heterocycles. The van der Waals surface area contributed by atoms with Crippen LogP contribution >= 0.6 is 22.6 Å². The number of hydrogen-bond acceptors (Lipinski definition) is 4. The fourth-order valence-corrected chi connectivity index (χ4v) is 2.77. The molecule has 0 spiro atoms. The van der Waals surface area contributed by atoms with Crippen molar-refractivity contribution in [2.24, 2.45) is 5.92 Å². The summed E-state index contributed by atoms with van der Waals surface area (Å²) in [7, 11) is 1.29. The first-order valence-corrected chi connectivity index (χ1v) is 9.20. The van der Waals surface area contributed by atoms with Crippen molar-refractivity contribution in [1.82, 2.24) is 10.6 Å². The van der Waals surface area contributed by atoms with E-state index in [1.165, 1.54) is 14.0 Å². The molecule has 6 nitrogen and oxygen atoms in total. The summed E-state index contributed by atoms with van der Waals surface area (Å²) in [5.74, 6) is -0.966. The first-order chi connectivity index (χ1) is 11.7. The Kier molecular flexibility index (Phi) is 8.88. The standard InChI is InChI=1S/C18H25IN2O4/c1-11(2)9-15(20-12(3)22)17(23)21-16(18(24)25-4)10-13-5-7-14(19)8-6-13/h5-8,11,15-16H,9-10H2,1-4H3,(H,20,22)(H,21,23)/t15-,16-/m0/s1. The molecule has 0 aliphatic carbocycles. The molecule has 2 N–H and O–H groups in total. The van der Waals surface area contributed by atoms with E-state index in [9.17, 15) is 14.4 Å². The number of esters is 1. The van der Waals surface area contributed by atoms with Gasteiger partial charge < -0.3 is 15.4 Å². The van der Waals surface area contributed by atoms with E-state index < -0.39 is 18.1 Å². The number of benzene rings is 1. The highest BCUT2D eigenvalue weighted by atomic mass is 127. The van der Waals surface area contributed by atoms with Crippen molar-refractivity contribution in [3.63, 3.8) is 0 Å². The summed E-state index contributed by atoms with van der Waals surface area (Å²) in [6.45, 7) is 5.29. The lowest BCUT2D eigenvalue weighted by atomic mass is 10.0. The second kappa shape index (κ2) is 10.4. The number of rotatable bonds is 8. The molecule has 1 rings (SSSR count). The predicted molar refractivity (Wildman–Crippen MR) is 104 cm³/mol. The van der Waals surface area contributed by atoms with Gasteiger partial charge in [-0.15, -0.1) is 0 Å². The molecule has 0 aromatic heterocycles. The maximum atomic E-state index is 12.6. The number of nitrogens with one attached hydrogen (secondary N) is 2. The molecule has 2 amide bonds. The lowest BCUT2D eigenvalue weighted by Gasteiger charge is -2.23. The third kappa shape index (κ3) is 7.85. The monoisotopic (exact) mass is 460 g/mol. The lowest BCUT2D eigenvalue weighted by Crippen LogP contribution is -2.52. The SMILES string of the molecule is COC(=O)[C@H](Cc1ccc(I)cc1)NC(=O)[C@H](CC(C)C)NC(C)=O. The summed E-state index contributed by atoms with van der Waals surface area (Å²) < 4.78 is 5.89. The minimum absolute atomic E-state index is 0.218. The molecule has 0 radical (unpaired) electrons. The fraction of sp³-hybridized carbons (Fsp3) is 0.500. The van der Waals surface area contributed by atoms with Crippen molar-refractivity contribution >= 4 is 40.4 Å². The van der Waals surface area contributed by atoms with Gasteiger partial charge in [-0.3, -0.25) is 9.59 Å². The largest absolute Gasteiger partial charge is 0.467 e. The van der Waals surface area contributed by atoms with Crippen molar-refractivity contribution in [3.8, 4) is 0 Å². The minimum Gasteiger partial charge on any atom is -0.467 e. The highest BCUT2D eigenvalue weighted by Gasteiger charge is 2.27. The van der Waals surface area contributed by atoms with Crippen molar-refractivity contribution in [2.75, 3.05) is 7.11 Å². The van der Waals surface area contributed by atoms with Crippen LogP contribution in [-0.4, -0.2) is 37.0 Å². The van der Waals surface area contributed by atoms with Gasteiger partial charge in [0.2, 0.25) is 11.8 Å². The Hall–Kier alpha value is -1.64. The molecule has 0 unspecified atom stereocenters. The highest BCUT2D eigenvalue weighted by Crippen LogP contribution is 2.11. The number of hydrogen-bond donors (Lipinski definition) is 2. The zero-order valence-electron chi connectivity index (χ0n) is 15.0. The number of halogens is 1. The van der Waals surface area contributed by atoms with E-state index in [2.05, 4.69) is 33.2 Å². The van der Waals surface area contributed by atoms with Crippen LogP contribution in [0.1, 0.15) is 32.8 Å². The molecule has 2 atom stereocenters. The predicted octanol–water partition coefficient (Wildman–Crippen LogP) is 2.04. The summed E-state index contributed by atoms with van der Waals surface area (Å²) in [6, 6.07) is 6.20. The smallest absolute Gasteiger partial charge is 0.328 e. The lowest BCUT2D eigenvalue weighted by molar-refractivity contribution is -0.145. The third-order valence-electron chi connectivity index (χ3n) is 3.56. The van der Waals surface area contributed by atoms with Crippen LogP contribution < -0.4 is 10.6 Å². The first kappa shape index (κ1) is 21.4. The summed E-state index contributed by atoms with van der Waals surface area (Å²) in [6.07, 6.45) is 0.812. The van der Waals surface area contributed by atoms with Crippen molar-refractivity contribution in [1.29, 1.82) is 0 Å². The molecule has 25 heavy (non-hydrogen) atoms. The van der Waals surface area contributed by atoms with Gasteiger partial charge in [-0.25, -0.2) is 4.79 Å². The summed E-state index contributed by atoms with van der Waals surface area (Å²) in [4.78, 5) is 36.0. The molecule has 0 fully saturated rings. The molecule has 1 aromatic rings. The number of carbonyl (C=O) groups is 3. The Balaban J connectivity index is 2.87. The van der Waals surface area contributed by atoms with Crippen LogP contribution in [0.15, 0.2) is 24.3 Å². The van der Waals surface area contributed by atoms with E-state index in [0.717, 1.165) is 9.13 Å². The molecular weight excluding hydrogens is 435 g/mol. The van der Waals surface area contributed by atoms with E-state index in [4.69, 9.17) is 4.74 Å². The maximum Gasteiger partial charge on any atom is 0.328 e. The van der Waals surface area contributed by atoms with Gasteiger partial charge >= 0.3 is 5.97 Å². The number of ether oxygens (including phenoxy) is 1.